The molecule has 0 bridgehead atoms. The van der Waals surface area contributed by atoms with Gasteiger partial charge in [0.25, 0.3) is 0 Å². The van der Waals surface area contributed by atoms with Gasteiger partial charge in [0.15, 0.2) is 5.75 Å². The monoisotopic (exact) mass is 268 g/mol. The largest absolute Gasteiger partial charge is 0.487 e. The predicted molar refractivity (Wildman–Crippen MR) is 72.5 cm³/mol. The van der Waals surface area contributed by atoms with E-state index in [1.807, 2.05) is 0 Å². The van der Waals surface area contributed by atoms with Gasteiger partial charge in [-0.05, 0) is 38.4 Å². The Morgan fingerprint density at radius 3 is 2.89 bits per heavy atom. The van der Waals surface area contributed by atoms with Crippen molar-refractivity contribution in [2.75, 3.05) is 19.7 Å². The Morgan fingerprint density at radius 2 is 2.26 bits per heavy atom. The number of nitro benzene ring substituents is 1. The van der Waals surface area contributed by atoms with Crippen LogP contribution in [0.1, 0.15) is 18.9 Å². The van der Waals surface area contributed by atoms with Crippen LogP contribution in [0.2, 0.25) is 0 Å². The summed E-state index contributed by atoms with van der Waals surface area (Å²) in [4.78, 5) is 10.4. The van der Waals surface area contributed by atoms with Crippen LogP contribution in [0.4, 0.5) is 5.69 Å². The highest BCUT2D eigenvalue weighted by atomic mass is 16.6. The van der Waals surface area contributed by atoms with E-state index >= 15 is 0 Å². The summed E-state index contributed by atoms with van der Waals surface area (Å²) in [5.74, 6) is 0.297. The van der Waals surface area contributed by atoms with Gasteiger partial charge in [-0.2, -0.15) is 0 Å². The second-order valence-electron chi connectivity index (χ2n) is 4.48. The van der Waals surface area contributed by atoms with Crippen molar-refractivity contribution in [3.8, 4) is 5.75 Å². The summed E-state index contributed by atoms with van der Waals surface area (Å²) in [6.07, 6.45) is 0.344. The molecule has 0 aromatic heterocycles. The van der Waals surface area contributed by atoms with Gasteiger partial charge in [0.05, 0.1) is 17.6 Å². The first-order chi connectivity index (χ1) is 9.00. The lowest BCUT2D eigenvalue weighted by atomic mass is 10.2. The molecule has 0 radical (unpaired) electrons. The maximum absolute atomic E-state index is 10.9. The Hall–Kier alpha value is -1.66. The first-order valence-corrected chi connectivity index (χ1v) is 6.27. The van der Waals surface area contributed by atoms with Crippen LogP contribution in [0.5, 0.6) is 5.75 Å². The molecular weight excluding hydrogens is 248 g/mol. The highest BCUT2D eigenvalue weighted by Gasteiger charge is 2.14. The molecule has 0 fully saturated rings. The van der Waals surface area contributed by atoms with E-state index in [1.165, 1.54) is 6.07 Å². The van der Waals surface area contributed by atoms with E-state index in [0.29, 0.717) is 25.4 Å². The molecule has 0 amide bonds. The molecule has 19 heavy (non-hydrogen) atoms. The minimum absolute atomic E-state index is 0.00283. The van der Waals surface area contributed by atoms with E-state index in [-0.39, 0.29) is 11.8 Å². The van der Waals surface area contributed by atoms with Crippen LogP contribution >= 0.6 is 0 Å². The molecule has 6 nitrogen and oxygen atoms in total. The topological polar surface area (TPSA) is 84.6 Å². The second kappa shape index (κ2) is 7.70. The van der Waals surface area contributed by atoms with Gasteiger partial charge in [0.1, 0.15) is 0 Å². The summed E-state index contributed by atoms with van der Waals surface area (Å²) in [5, 5.41) is 23.0. The fourth-order valence-electron chi connectivity index (χ4n) is 1.58. The zero-order chi connectivity index (χ0) is 14.3. The Bertz CT molecular complexity index is 421. The molecule has 0 saturated carbocycles. The Morgan fingerprint density at radius 1 is 1.53 bits per heavy atom. The molecule has 1 rings (SSSR count). The molecule has 1 aromatic rings. The molecule has 0 spiro atoms. The van der Waals surface area contributed by atoms with Crippen LogP contribution in [0.15, 0.2) is 18.2 Å². The number of nitrogens with one attached hydrogen (secondary N) is 1. The fourth-order valence-corrected chi connectivity index (χ4v) is 1.58. The average Bonchev–Trinajstić information content (AvgIpc) is 2.34. The van der Waals surface area contributed by atoms with Crippen molar-refractivity contribution in [1.29, 1.82) is 0 Å². The molecule has 0 aliphatic rings. The van der Waals surface area contributed by atoms with E-state index in [4.69, 9.17) is 9.84 Å². The van der Waals surface area contributed by atoms with Crippen molar-refractivity contribution in [1.82, 2.24) is 5.32 Å². The molecule has 0 heterocycles. The molecule has 6 heteroatoms. The van der Waals surface area contributed by atoms with Crippen molar-refractivity contribution in [2.45, 2.75) is 26.4 Å². The summed E-state index contributed by atoms with van der Waals surface area (Å²) in [6.45, 7) is 5.14. The zero-order valence-corrected chi connectivity index (χ0v) is 11.3. The summed E-state index contributed by atoms with van der Waals surface area (Å²) >= 11 is 0. The zero-order valence-electron chi connectivity index (χ0n) is 11.3. The van der Waals surface area contributed by atoms with Crippen molar-refractivity contribution in [2.24, 2.45) is 0 Å². The van der Waals surface area contributed by atoms with Crippen molar-refractivity contribution < 1.29 is 14.8 Å². The van der Waals surface area contributed by atoms with Gasteiger partial charge in [-0.15, -0.1) is 0 Å². The molecule has 1 aromatic carbocycles. The smallest absolute Gasteiger partial charge is 0.311 e. The first-order valence-electron chi connectivity index (χ1n) is 6.27. The number of aryl methyl sites for hydroxylation is 1. The van der Waals surface area contributed by atoms with Crippen LogP contribution in [0.25, 0.3) is 0 Å². The number of aliphatic hydroxyl groups excluding tert-OH is 1. The van der Waals surface area contributed by atoms with E-state index in [0.717, 1.165) is 12.0 Å². The Balaban J connectivity index is 2.39. The van der Waals surface area contributed by atoms with Gasteiger partial charge in [-0.1, -0.05) is 6.07 Å². The normalized spacial score (nSPS) is 12.2. The number of nitro groups is 1. The van der Waals surface area contributed by atoms with E-state index < -0.39 is 4.92 Å². The van der Waals surface area contributed by atoms with Crippen LogP contribution in [-0.2, 0) is 0 Å². The molecule has 106 valence electrons. The lowest BCUT2D eigenvalue weighted by Gasteiger charge is -2.09. The van der Waals surface area contributed by atoms with Crippen molar-refractivity contribution in [3.63, 3.8) is 0 Å². The quantitative estimate of drug-likeness (QED) is 0.425. The van der Waals surface area contributed by atoms with Gasteiger partial charge < -0.3 is 15.2 Å². The Labute approximate surface area is 112 Å². The third-order valence-corrected chi connectivity index (χ3v) is 2.51. The van der Waals surface area contributed by atoms with Gasteiger partial charge in [0.2, 0.25) is 0 Å². The highest BCUT2D eigenvalue weighted by molar-refractivity contribution is 5.48. The minimum Gasteiger partial charge on any atom is -0.487 e. The lowest BCUT2D eigenvalue weighted by molar-refractivity contribution is -0.385. The number of nitrogens with zero attached hydrogens (tertiary/aromatic N) is 1. The van der Waals surface area contributed by atoms with Crippen LogP contribution < -0.4 is 10.1 Å². The van der Waals surface area contributed by atoms with Crippen LogP contribution in [0, 0.1) is 17.0 Å². The number of benzene rings is 1. The molecular formula is C13H20N2O4. The van der Waals surface area contributed by atoms with E-state index in [2.05, 4.69) is 5.32 Å². The SMILES string of the molecule is Cc1ccc(OCCCNC[C@@H](C)O)c([N+](=O)[O-])c1. The second-order valence-corrected chi connectivity index (χ2v) is 4.48. The molecule has 0 aliphatic carbocycles. The predicted octanol–water partition coefficient (Wildman–Crippen LogP) is 1.64. The average molecular weight is 268 g/mol. The summed E-state index contributed by atoms with van der Waals surface area (Å²) in [7, 11) is 0. The number of hydrogen-bond acceptors (Lipinski definition) is 5. The maximum Gasteiger partial charge on any atom is 0.311 e. The minimum atomic E-state index is -0.436. The summed E-state index contributed by atoms with van der Waals surface area (Å²) in [6, 6.07) is 4.91. The molecule has 0 unspecified atom stereocenters. The number of aliphatic hydroxyl groups is 1. The van der Waals surface area contributed by atoms with Crippen molar-refractivity contribution in [3.05, 3.63) is 33.9 Å². The van der Waals surface area contributed by atoms with Crippen molar-refractivity contribution >= 4 is 5.69 Å². The summed E-state index contributed by atoms with van der Waals surface area (Å²) < 4.78 is 5.42. The lowest BCUT2D eigenvalue weighted by Crippen LogP contribution is -2.26. The summed E-state index contributed by atoms with van der Waals surface area (Å²) in [5.41, 5.74) is 0.828. The van der Waals surface area contributed by atoms with Gasteiger partial charge in [-0.3, -0.25) is 10.1 Å². The number of rotatable bonds is 8. The van der Waals surface area contributed by atoms with Crippen LogP contribution in [-0.4, -0.2) is 35.8 Å². The van der Waals surface area contributed by atoms with E-state index in [1.54, 1.807) is 26.0 Å². The van der Waals surface area contributed by atoms with Crippen LogP contribution in [0.3, 0.4) is 0 Å². The fraction of sp³-hybridized carbons (Fsp3) is 0.538. The molecule has 2 N–H and O–H groups in total. The van der Waals surface area contributed by atoms with Gasteiger partial charge in [-0.25, -0.2) is 0 Å². The van der Waals surface area contributed by atoms with Gasteiger partial charge in [0, 0.05) is 12.6 Å². The molecule has 1 atom stereocenters. The Kier molecular flexibility index (Phi) is 6.24. The number of hydrogen-bond donors (Lipinski definition) is 2. The third-order valence-electron chi connectivity index (χ3n) is 2.51. The van der Waals surface area contributed by atoms with E-state index in [9.17, 15) is 10.1 Å². The maximum atomic E-state index is 10.9. The molecule has 0 aliphatic heterocycles. The number of ether oxygens (including phenoxy) is 1. The standard InChI is InChI=1S/C13H20N2O4/c1-10-4-5-13(12(8-10)15(17)18)19-7-3-6-14-9-11(2)16/h4-5,8,11,14,16H,3,6-7,9H2,1-2H3/t11-/m1/s1. The highest BCUT2D eigenvalue weighted by Crippen LogP contribution is 2.27. The third kappa shape index (κ3) is 5.67. The first kappa shape index (κ1) is 15.4. The molecule has 0 saturated heterocycles. The van der Waals surface area contributed by atoms with Gasteiger partial charge >= 0.3 is 5.69 Å².